The van der Waals surface area contributed by atoms with Crippen LogP contribution in [0.2, 0.25) is 5.02 Å². The predicted molar refractivity (Wildman–Crippen MR) is 73.6 cm³/mol. The van der Waals surface area contributed by atoms with Gasteiger partial charge in [-0.3, -0.25) is 0 Å². The van der Waals surface area contributed by atoms with Crippen LogP contribution < -0.4 is 10.5 Å². The number of alkyl halides is 2. The molecule has 0 amide bonds. The summed E-state index contributed by atoms with van der Waals surface area (Å²) in [6.45, 7) is -2.66. The van der Waals surface area contributed by atoms with Gasteiger partial charge in [-0.25, -0.2) is 4.68 Å². The number of hydrogen-bond acceptors (Lipinski definition) is 4. The van der Waals surface area contributed by atoms with Crippen molar-refractivity contribution in [2.75, 3.05) is 5.73 Å². The molecule has 2 aromatic rings. The van der Waals surface area contributed by atoms with E-state index in [4.69, 9.17) is 17.3 Å². The molecule has 2 N–H and O–H groups in total. The molecule has 0 bridgehead atoms. The Balaban J connectivity index is 1.92. The maximum atomic E-state index is 12.5. The second kappa shape index (κ2) is 5.48. The summed E-state index contributed by atoms with van der Waals surface area (Å²) in [6, 6.07) is 4.50. The van der Waals surface area contributed by atoms with Gasteiger partial charge in [0.05, 0.1) is 12.2 Å². The highest BCUT2D eigenvalue weighted by molar-refractivity contribution is 6.30. The summed E-state index contributed by atoms with van der Waals surface area (Å²) >= 11 is 5.93. The van der Waals surface area contributed by atoms with Crippen molar-refractivity contribution in [2.24, 2.45) is 0 Å². The van der Waals surface area contributed by atoms with Crippen molar-refractivity contribution in [1.82, 2.24) is 15.0 Å². The average molecular weight is 315 g/mol. The normalized spacial score (nSPS) is 14.7. The maximum absolute atomic E-state index is 12.5. The molecule has 5 nitrogen and oxygen atoms in total. The molecular formula is C13H13ClF2N4O. The Morgan fingerprint density at radius 1 is 1.43 bits per heavy atom. The highest BCUT2D eigenvalue weighted by Gasteiger charge is 2.30. The molecule has 1 fully saturated rings. The van der Waals surface area contributed by atoms with E-state index in [0.29, 0.717) is 22.3 Å². The summed E-state index contributed by atoms with van der Waals surface area (Å²) in [6.07, 6.45) is 2.07. The van der Waals surface area contributed by atoms with Gasteiger partial charge in [0.15, 0.2) is 5.82 Å². The first-order chi connectivity index (χ1) is 10.0. The van der Waals surface area contributed by atoms with Crippen LogP contribution in [0.4, 0.5) is 14.6 Å². The van der Waals surface area contributed by atoms with Gasteiger partial charge in [-0.2, -0.15) is 8.78 Å². The zero-order chi connectivity index (χ0) is 15.0. The van der Waals surface area contributed by atoms with Gasteiger partial charge in [0.25, 0.3) is 0 Å². The predicted octanol–water partition coefficient (Wildman–Crippen LogP) is 3.04. The van der Waals surface area contributed by atoms with Crippen LogP contribution in [-0.2, 0) is 6.54 Å². The Morgan fingerprint density at radius 3 is 2.86 bits per heavy atom. The van der Waals surface area contributed by atoms with Gasteiger partial charge in [-0.05, 0) is 31.0 Å². The molecule has 3 rings (SSSR count). The fourth-order valence-electron chi connectivity index (χ4n) is 2.27. The van der Waals surface area contributed by atoms with E-state index in [-0.39, 0.29) is 12.3 Å². The van der Waals surface area contributed by atoms with Crippen LogP contribution in [0.5, 0.6) is 5.75 Å². The summed E-state index contributed by atoms with van der Waals surface area (Å²) < 4.78 is 31.0. The summed E-state index contributed by atoms with van der Waals surface area (Å²) in [5.74, 6) is 0.805. The highest BCUT2D eigenvalue weighted by Crippen LogP contribution is 2.42. The number of rotatable bonds is 5. The number of nitrogens with two attached hydrogens (primary N) is 1. The van der Waals surface area contributed by atoms with Crippen molar-refractivity contribution in [3.8, 4) is 5.75 Å². The van der Waals surface area contributed by atoms with Crippen LogP contribution in [0.15, 0.2) is 18.2 Å². The number of nitrogen functional groups attached to an aromatic ring is 1. The van der Waals surface area contributed by atoms with Crippen molar-refractivity contribution in [3.63, 3.8) is 0 Å². The van der Waals surface area contributed by atoms with Crippen molar-refractivity contribution in [2.45, 2.75) is 31.9 Å². The molecule has 0 radical (unpaired) electrons. The third-order valence-corrected chi connectivity index (χ3v) is 3.56. The SMILES string of the molecule is Nc1nnn(Cc2cc(Cl)ccc2OC(F)F)c1C1CC1. The largest absolute Gasteiger partial charge is 0.434 e. The van der Waals surface area contributed by atoms with E-state index < -0.39 is 6.61 Å². The number of anilines is 1. The van der Waals surface area contributed by atoms with E-state index in [1.807, 2.05) is 0 Å². The van der Waals surface area contributed by atoms with Crippen molar-refractivity contribution in [1.29, 1.82) is 0 Å². The van der Waals surface area contributed by atoms with Crippen molar-refractivity contribution >= 4 is 17.4 Å². The van der Waals surface area contributed by atoms with Gasteiger partial charge in [0.2, 0.25) is 0 Å². The molecular weight excluding hydrogens is 302 g/mol. The molecule has 0 spiro atoms. The maximum Gasteiger partial charge on any atom is 0.387 e. The van der Waals surface area contributed by atoms with E-state index in [9.17, 15) is 8.78 Å². The van der Waals surface area contributed by atoms with E-state index in [1.165, 1.54) is 12.1 Å². The fraction of sp³-hybridized carbons (Fsp3) is 0.385. The standard InChI is InChI=1S/C13H13ClF2N4O/c14-9-3-4-10(21-13(15)16)8(5-9)6-20-11(7-1-2-7)12(17)18-19-20/h3-5,7,13H,1-2,6,17H2. The van der Waals surface area contributed by atoms with E-state index >= 15 is 0 Å². The Kier molecular flexibility index (Phi) is 3.67. The zero-order valence-corrected chi connectivity index (χ0v) is 11.7. The Bertz CT molecular complexity index is 658. The van der Waals surface area contributed by atoms with Gasteiger partial charge in [-0.1, -0.05) is 16.8 Å². The third-order valence-electron chi connectivity index (χ3n) is 3.32. The second-order valence-electron chi connectivity index (χ2n) is 4.92. The monoisotopic (exact) mass is 314 g/mol. The van der Waals surface area contributed by atoms with Crippen LogP contribution in [-0.4, -0.2) is 21.6 Å². The molecule has 21 heavy (non-hydrogen) atoms. The lowest BCUT2D eigenvalue weighted by Crippen LogP contribution is -2.10. The van der Waals surface area contributed by atoms with Crippen LogP contribution in [0.1, 0.15) is 30.0 Å². The van der Waals surface area contributed by atoms with Gasteiger partial charge in [0, 0.05) is 16.5 Å². The molecule has 1 aromatic heterocycles. The van der Waals surface area contributed by atoms with Crippen LogP contribution in [0, 0.1) is 0 Å². The number of hydrogen-bond donors (Lipinski definition) is 1. The lowest BCUT2D eigenvalue weighted by Gasteiger charge is -2.12. The summed E-state index contributed by atoms with van der Waals surface area (Å²) in [5.41, 5.74) is 7.17. The summed E-state index contributed by atoms with van der Waals surface area (Å²) in [7, 11) is 0. The molecule has 0 unspecified atom stereocenters. The number of halogens is 3. The van der Waals surface area contributed by atoms with Gasteiger partial charge in [-0.15, -0.1) is 5.10 Å². The number of ether oxygens (including phenoxy) is 1. The molecule has 0 saturated heterocycles. The lowest BCUT2D eigenvalue weighted by atomic mass is 10.2. The van der Waals surface area contributed by atoms with Crippen molar-refractivity contribution in [3.05, 3.63) is 34.5 Å². The number of aromatic nitrogens is 3. The van der Waals surface area contributed by atoms with Crippen LogP contribution >= 0.6 is 11.6 Å². The first-order valence-corrected chi connectivity index (χ1v) is 6.84. The fourth-order valence-corrected chi connectivity index (χ4v) is 2.47. The minimum Gasteiger partial charge on any atom is -0.434 e. The Hall–Kier alpha value is -1.89. The Morgan fingerprint density at radius 2 is 2.19 bits per heavy atom. The topological polar surface area (TPSA) is 66.0 Å². The minimum atomic E-state index is -2.89. The number of benzene rings is 1. The molecule has 1 aliphatic rings. The van der Waals surface area contributed by atoms with E-state index in [2.05, 4.69) is 15.0 Å². The molecule has 1 aliphatic carbocycles. The first-order valence-electron chi connectivity index (χ1n) is 6.46. The molecule has 1 saturated carbocycles. The molecule has 1 aromatic carbocycles. The van der Waals surface area contributed by atoms with Gasteiger partial charge < -0.3 is 10.5 Å². The third kappa shape index (κ3) is 3.07. The summed E-state index contributed by atoms with van der Waals surface area (Å²) in [4.78, 5) is 0. The average Bonchev–Trinajstić information content (AvgIpc) is 3.18. The highest BCUT2D eigenvalue weighted by atomic mass is 35.5. The molecule has 1 heterocycles. The molecule has 0 aliphatic heterocycles. The van der Waals surface area contributed by atoms with Gasteiger partial charge in [0.1, 0.15) is 5.75 Å². The van der Waals surface area contributed by atoms with E-state index in [0.717, 1.165) is 18.5 Å². The molecule has 8 heteroatoms. The summed E-state index contributed by atoms with van der Waals surface area (Å²) in [5, 5.41) is 8.27. The Labute approximate surface area is 124 Å². The zero-order valence-electron chi connectivity index (χ0n) is 11.0. The second-order valence-corrected chi connectivity index (χ2v) is 5.36. The van der Waals surface area contributed by atoms with Crippen molar-refractivity contribution < 1.29 is 13.5 Å². The lowest BCUT2D eigenvalue weighted by molar-refractivity contribution is -0.0505. The minimum absolute atomic E-state index is 0.0743. The van der Waals surface area contributed by atoms with Crippen LogP contribution in [0.25, 0.3) is 0 Å². The smallest absolute Gasteiger partial charge is 0.387 e. The molecule has 0 atom stereocenters. The van der Waals surface area contributed by atoms with E-state index in [1.54, 1.807) is 10.7 Å². The number of nitrogens with zero attached hydrogens (tertiary/aromatic N) is 3. The quantitative estimate of drug-likeness (QED) is 0.921. The van der Waals surface area contributed by atoms with Gasteiger partial charge >= 0.3 is 6.61 Å². The van der Waals surface area contributed by atoms with Crippen LogP contribution in [0.3, 0.4) is 0 Å². The first kappa shape index (κ1) is 14.1. The molecule has 112 valence electrons.